The molecule has 0 radical (unpaired) electrons. The third-order valence-electron chi connectivity index (χ3n) is 3.81. The van der Waals surface area contributed by atoms with Gasteiger partial charge in [0, 0.05) is 7.11 Å². The summed E-state index contributed by atoms with van der Waals surface area (Å²) in [4.78, 5) is 0. The van der Waals surface area contributed by atoms with E-state index in [-0.39, 0.29) is 5.60 Å². The molecule has 0 spiro atoms. The Morgan fingerprint density at radius 3 is 2.18 bits per heavy atom. The van der Waals surface area contributed by atoms with E-state index in [0.717, 1.165) is 12.8 Å². The summed E-state index contributed by atoms with van der Waals surface area (Å²) in [5.41, 5.74) is 1.15. The highest BCUT2D eigenvalue weighted by Crippen LogP contribution is 2.33. The van der Waals surface area contributed by atoms with Gasteiger partial charge in [0.15, 0.2) is 0 Å². The molecular formula is C16H20O. The Labute approximate surface area is 103 Å². The lowest BCUT2D eigenvalue weighted by Gasteiger charge is -2.31. The monoisotopic (exact) mass is 228 g/mol. The highest BCUT2D eigenvalue weighted by Gasteiger charge is 2.27. The van der Waals surface area contributed by atoms with E-state index >= 15 is 0 Å². The van der Waals surface area contributed by atoms with Gasteiger partial charge in [0.2, 0.25) is 0 Å². The summed E-state index contributed by atoms with van der Waals surface area (Å²) in [6.45, 7) is 4.37. The van der Waals surface area contributed by atoms with Crippen LogP contribution in [-0.2, 0) is 10.3 Å². The fourth-order valence-electron chi connectivity index (χ4n) is 2.54. The van der Waals surface area contributed by atoms with Crippen molar-refractivity contribution < 1.29 is 4.74 Å². The second-order valence-corrected chi connectivity index (χ2v) is 4.47. The normalized spacial score (nSPS) is 11.9. The minimum Gasteiger partial charge on any atom is -0.374 e. The van der Waals surface area contributed by atoms with E-state index in [2.05, 4.69) is 56.3 Å². The smallest absolute Gasteiger partial charge is 0.0922 e. The maximum atomic E-state index is 5.77. The molecule has 0 atom stereocenters. The molecule has 90 valence electrons. The van der Waals surface area contributed by atoms with Gasteiger partial charge in [-0.25, -0.2) is 0 Å². The van der Waals surface area contributed by atoms with Crippen LogP contribution in [0.1, 0.15) is 32.3 Å². The van der Waals surface area contributed by atoms with Crippen LogP contribution >= 0.6 is 0 Å². The molecule has 2 aromatic rings. The Balaban J connectivity index is 2.55. The van der Waals surface area contributed by atoms with Gasteiger partial charge in [-0.15, -0.1) is 0 Å². The standard InChI is InChI=1S/C16H20O/c1-4-16(5-2,17-3)15-11-10-13-8-6-7-9-14(13)12-15/h6-12H,4-5H2,1-3H3. The van der Waals surface area contributed by atoms with Gasteiger partial charge in [-0.2, -0.15) is 0 Å². The molecule has 1 heteroatoms. The fourth-order valence-corrected chi connectivity index (χ4v) is 2.54. The average Bonchev–Trinajstić information content (AvgIpc) is 2.41. The third-order valence-corrected chi connectivity index (χ3v) is 3.81. The molecule has 0 aliphatic heterocycles. The molecule has 0 bridgehead atoms. The van der Waals surface area contributed by atoms with Gasteiger partial charge < -0.3 is 4.74 Å². The molecule has 0 saturated heterocycles. The maximum Gasteiger partial charge on any atom is 0.0922 e. The molecule has 1 nitrogen and oxygen atoms in total. The molecule has 0 amide bonds. The Morgan fingerprint density at radius 2 is 1.59 bits per heavy atom. The van der Waals surface area contributed by atoms with Crippen LogP contribution in [0.4, 0.5) is 0 Å². The first kappa shape index (κ1) is 12.1. The van der Waals surface area contributed by atoms with E-state index < -0.39 is 0 Å². The van der Waals surface area contributed by atoms with Gasteiger partial charge in [0.1, 0.15) is 0 Å². The van der Waals surface area contributed by atoms with Crippen molar-refractivity contribution in [3.05, 3.63) is 48.0 Å². The van der Waals surface area contributed by atoms with Crippen molar-refractivity contribution in [3.63, 3.8) is 0 Å². The van der Waals surface area contributed by atoms with E-state index in [9.17, 15) is 0 Å². The number of hydrogen-bond acceptors (Lipinski definition) is 1. The van der Waals surface area contributed by atoms with Crippen LogP contribution in [0.5, 0.6) is 0 Å². The number of benzene rings is 2. The Kier molecular flexibility index (Phi) is 3.49. The van der Waals surface area contributed by atoms with Crippen molar-refractivity contribution >= 4 is 10.8 Å². The second kappa shape index (κ2) is 4.89. The zero-order valence-electron chi connectivity index (χ0n) is 10.9. The van der Waals surface area contributed by atoms with Gasteiger partial charge >= 0.3 is 0 Å². The van der Waals surface area contributed by atoms with E-state index in [0.29, 0.717) is 0 Å². The summed E-state index contributed by atoms with van der Waals surface area (Å²) in [5, 5.41) is 2.57. The molecule has 0 aliphatic carbocycles. The fraction of sp³-hybridized carbons (Fsp3) is 0.375. The lowest BCUT2D eigenvalue weighted by Crippen LogP contribution is -2.26. The van der Waals surface area contributed by atoms with Gasteiger partial charge in [0.25, 0.3) is 0 Å². The first-order chi connectivity index (χ1) is 8.25. The van der Waals surface area contributed by atoms with Crippen LogP contribution in [0.2, 0.25) is 0 Å². The largest absolute Gasteiger partial charge is 0.374 e. The zero-order chi connectivity index (χ0) is 12.3. The van der Waals surface area contributed by atoms with Gasteiger partial charge in [-0.05, 0) is 35.2 Å². The molecule has 0 aliphatic rings. The van der Waals surface area contributed by atoms with Gasteiger partial charge in [-0.1, -0.05) is 50.2 Å². The van der Waals surface area contributed by atoms with Crippen molar-refractivity contribution in [1.29, 1.82) is 0 Å². The van der Waals surface area contributed by atoms with E-state index in [1.165, 1.54) is 16.3 Å². The van der Waals surface area contributed by atoms with Gasteiger partial charge in [-0.3, -0.25) is 0 Å². The number of rotatable bonds is 4. The molecule has 0 aromatic heterocycles. The van der Waals surface area contributed by atoms with Crippen molar-refractivity contribution in [2.24, 2.45) is 0 Å². The van der Waals surface area contributed by atoms with Crippen LogP contribution in [0.15, 0.2) is 42.5 Å². The minimum absolute atomic E-state index is 0.135. The van der Waals surface area contributed by atoms with Crippen LogP contribution in [-0.4, -0.2) is 7.11 Å². The molecule has 0 saturated carbocycles. The summed E-state index contributed by atoms with van der Waals surface area (Å²) in [5.74, 6) is 0. The average molecular weight is 228 g/mol. The molecule has 2 rings (SSSR count). The summed E-state index contributed by atoms with van der Waals surface area (Å²) in [7, 11) is 1.81. The molecule has 0 unspecified atom stereocenters. The van der Waals surface area contributed by atoms with Crippen LogP contribution in [0, 0.1) is 0 Å². The highest BCUT2D eigenvalue weighted by molar-refractivity contribution is 5.83. The molecular weight excluding hydrogens is 208 g/mol. The molecule has 17 heavy (non-hydrogen) atoms. The lowest BCUT2D eigenvalue weighted by molar-refractivity contribution is -0.0216. The Hall–Kier alpha value is -1.34. The number of ether oxygens (including phenoxy) is 1. The quantitative estimate of drug-likeness (QED) is 0.748. The van der Waals surface area contributed by atoms with Crippen molar-refractivity contribution in [3.8, 4) is 0 Å². The zero-order valence-corrected chi connectivity index (χ0v) is 10.9. The number of methoxy groups -OCH3 is 1. The predicted octanol–water partition coefficient (Wildman–Crippen LogP) is 4.50. The van der Waals surface area contributed by atoms with E-state index in [4.69, 9.17) is 4.74 Å². The molecule has 0 heterocycles. The van der Waals surface area contributed by atoms with Crippen LogP contribution < -0.4 is 0 Å². The molecule has 0 N–H and O–H groups in total. The second-order valence-electron chi connectivity index (χ2n) is 4.47. The molecule has 2 aromatic carbocycles. The SMILES string of the molecule is CCC(CC)(OC)c1ccc2ccccc2c1. The summed E-state index contributed by atoms with van der Waals surface area (Å²) < 4.78 is 5.77. The Bertz CT molecular complexity index is 489. The Morgan fingerprint density at radius 1 is 0.941 bits per heavy atom. The first-order valence-electron chi connectivity index (χ1n) is 6.30. The summed E-state index contributed by atoms with van der Waals surface area (Å²) in [6.07, 6.45) is 2.00. The maximum absolute atomic E-state index is 5.77. The van der Waals surface area contributed by atoms with E-state index in [1.54, 1.807) is 0 Å². The predicted molar refractivity (Wildman–Crippen MR) is 73.2 cm³/mol. The first-order valence-corrected chi connectivity index (χ1v) is 6.30. The molecule has 0 fully saturated rings. The van der Waals surface area contributed by atoms with Crippen molar-refractivity contribution in [2.45, 2.75) is 32.3 Å². The number of hydrogen-bond donors (Lipinski definition) is 0. The van der Waals surface area contributed by atoms with Crippen molar-refractivity contribution in [1.82, 2.24) is 0 Å². The van der Waals surface area contributed by atoms with E-state index in [1.807, 2.05) is 7.11 Å². The van der Waals surface area contributed by atoms with Crippen molar-refractivity contribution in [2.75, 3.05) is 7.11 Å². The van der Waals surface area contributed by atoms with Crippen LogP contribution in [0.3, 0.4) is 0 Å². The minimum atomic E-state index is -0.135. The summed E-state index contributed by atoms with van der Waals surface area (Å²) >= 11 is 0. The number of fused-ring (bicyclic) bond motifs is 1. The topological polar surface area (TPSA) is 9.23 Å². The van der Waals surface area contributed by atoms with Gasteiger partial charge in [0.05, 0.1) is 5.60 Å². The summed E-state index contributed by atoms with van der Waals surface area (Å²) in [6, 6.07) is 15.1. The van der Waals surface area contributed by atoms with Crippen LogP contribution in [0.25, 0.3) is 10.8 Å². The highest BCUT2D eigenvalue weighted by atomic mass is 16.5. The third kappa shape index (κ3) is 2.07. The lowest BCUT2D eigenvalue weighted by atomic mass is 9.87.